The lowest BCUT2D eigenvalue weighted by Gasteiger charge is -2.14. The van der Waals surface area contributed by atoms with Crippen LogP contribution in [0.1, 0.15) is 11.1 Å². The van der Waals surface area contributed by atoms with Gasteiger partial charge in [-0.2, -0.15) is 22.0 Å². The van der Waals surface area contributed by atoms with Crippen LogP contribution in [0.15, 0.2) is 5.70 Å². The molecule has 120 valence electrons. The zero-order valence-electron chi connectivity index (χ0n) is 9.98. The van der Waals surface area contributed by atoms with Crippen LogP contribution in [0.5, 0.6) is 0 Å². The molecule has 3 N–H and O–H groups in total. The van der Waals surface area contributed by atoms with Gasteiger partial charge in [0.1, 0.15) is 5.71 Å². The Labute approximate surface area is 115 Å². The first kappa shape index (κ1) is 16.2. The summed E-state index contributed by atoms with van der Waals surface area (Å²) in [7, 11) is 0. The molecule has 1 aliphatic carbocycles. The second-order valence-corrected chi connectivity index (χ2v) is 4.24. The van der Waals surface area contributed by atoms with Gasteiger partial charge < -0.3 is 5.73 Å². The molecule has 0 aliphatic heterocycles. The van der Waals surface area contributed by atoms with Crippen molar-refractivity contribution in [1.29, 1.82) is 5.41 Å². The molecule has 0 radical (unpaired) electrons. The summed E-state index contributed by atoms with van der Waals surface area (Å²) in [5, 5.41) is 6.77. The number of rotatable bonds is 1. The Morgan fingerprint density at radius 3 is 1.82 bits per heavy atom. The lowest BCUT2D eigenvalue weighted by molar-refractivity contribution is -0.0579. The van der Waals surface area contributed by atoms with E-state index < -0.39 is 63.5 Å². The normalized spacial score (nSPS) is 17.0. The number of hydrogen-bond acceptors (Lipinski definition) is 2. The van der Waals surface area contributed by atoms with Gasteiger partial charge in [-0.3, -0.25) is 5.41 Å². The van der Waals surface area contributed by atoms with Crippen LogP contribution in [-0.2, 0) is 5.92 Å². The summed E-state index contributed by atoms with van der Waals surface area (Å²) in [6.07, 6.45) is -5.55. The maximum Gasteiger partial charge on any atom is 0.433 e. The van der Waals surface area contributed by atoms with Gasteiger partial charge in [0.15, 0.2) is 23.3 Å². The second-order valence-electron chi connectivity index (χ2n) is 4.24. The second kappa shape index (κ2) is 4.40. The fourth-order valence-corrected chi connectivity index (χ4v) is 1.99. The van der Waals surface area contributed by atoms with Gasteiger partial charge in [0.2, 0.25) is 0 Å². The summed E-state index contributed by atoms with van der Waals surface area (Å²) < 4.78 is 118. The zero-order valence-corrected chi connectivity index (χ0v) is 9.98. The van der Waals surface area contributed by atoms with Crippen LogP contribution in [0, 0.1) is 28.7 Å². The van der Waals surface area contributed by atoms with E-state index in [0.717, 1.165) is 0 Å². The first-order valence-corrected chi connectivity index (χ1v) is 5.24. The van der Waals surface area contributed by atoms with Crippen molar-refractivity contribution in [3.63, 3.8) is 0 Å². The Morgan fingerprint density at radius 2 is 1.36 bits per heavy atom. The molecule has 0 bridgehead atoms. The van der Waals surface area contributed by atoms with Gasteiger partial charge in [0.25, 0.3) is 0 Å². The molecule has 0 fully saturated rings. The van der Waals surface area contributed by atoms with Gasteiger partial charge in [-0.25, -0.2) is 17.6 Å². The maximum absolute atomic E-state index is 13.7. The van der Waals surface area contributed by atoms with E-state index in [4.69, 9.17) is 11.1 Å². The van der Waals surface area contributed by atoms with Crippen molar-refractivity contribution < 1.29 is 39.5 Å². The lowest BCUT2D eigenvalue weighted by atomic mass is 9.99. The minimum absolute atomic E-state index is 1.92. The minimum atomic E-state index is -5.55. The summed E-state index contributed by atoms with van der Waals surface area (Å²) in [6, 6.07) is 0. The molecule has 0 spiro atoms. The van der Waals surface area contributed by atoms with E-state index in [-0.39, 0.29) is 0 Å². The molecule has 0 atom stereocenters. The third-order valence-electron chi connectivity index (χ3n) is 2.97. The molecule has 1 aromatic rings. The predicted molar refractivity (Wildman–Crippen MR) is 55.1 cm³/mol. The molecule has 22 heavy (non-hydrogen) atoms. The number of allylic oxidation sites excluding steroid dienone is 2. The Balaban J connectivity index is 2.94. The number of nitrogens with one attached hydrogen (secondary N) is 1. The zero-order chi connectivity index (χ0) is 17.2. The molecule has 2 nitrogen and oxygen atoms in total. The number of hydrogen-bond donors (Lipinski definition) is 2. The Morgan fingerprint density at radius 1 is 0.909 bits per heavy atom. The van der Waals surface area contributed by atoms with Gasteiger partial charge in [-0.15, -0.1) is 0 Å². The Hall–Kier alpha value is -2.20. The van der Waals surface area contributed by atoms with Crippen LogP contribution in [0.3, 0.4) is 0 Å². The molecular formula is C11H3F9N2. The lowest BCUT2D eigenvalue weighted by Crippen LogP contribution is -2.26. The van der Waals surface area contributed by atoms with Gasteiger partial charge in [0.05, 0.1) is 11.3 Å². The number of nitrogens with two attached hydrogens (primary N) is 1. The molecular weight excluding hydrogens is 331 g/mol. The van der Waals surface area contributed by atoms with Crippen molar-refractivity contribution in [2.24, 2.45) is 5.73 Å². The first-order valence-electron chi connectivity index (χ1n) is 5.24. The third-order valence-corrected chi connectivity index (χ3v) is 2.97. The molecule has 0 saturated carbocycles. The van der Waals surface area contributed by atoms with E-state index in [1.165, 1.54) is 0 Å². The third kappa shape index (κ3) is 1.87. The molecule has 1 aromatic carbocycles. The van der Waals surface area contributed by atoms with E-state index in [0.29, 0.717) is 0 Å². The summed E-state index contributed by atoms with van der Waals surface area (Å²) in [5.74, 6) is -15.0. The molecule has 2 rings (SSSR count). The summed E-state index contributed by atoms with van der Waals surface area (Å²) >= 11 is 0. The van der Waals surface area contributed by atoms with Crippen molar-refractivity contribution in [3.8, 4) is 0 Å². The fourth-order valence-electron chi connectivity index (χ4n) is 1.99. The van der Waals surface area contributed by atoms with Gasteiger partial charge >= 0.3 is 12.1 Å². The highest BCUT2D eigenvalue weighted by Gasteiger charge is 2.55. The van der Waals surface area contributed by atoms with Crippen LogP contribution in [0.25, 0.3) is 5.57 Å². The van der Waals surface area contributed by atoms with E-state index in [1.54, 1.807) is 0 Å². The monoisotopic (exact) mass is 334 g/mol. The largest absolute Gasteiger partial charge is 0.433 e. The van der Waals surface area contributed by atoms with Crippen LogP contribution >= 0.6 is 0 Å². The Bertz CT molecular complexity index is 730. The van der Waals surface area contributed by atoms with Crippen molar-refractivity contribution in [3.05, 3.63) is 40.1 Å². The topological polar surface area (TPSA) is 49.9 Å². The van der Waals surface area contributed by atoms with Gasteiger partial charge in [-0.05, 0) is 0 Å². The van der Waals surface area contributed by atoms with Crippen molar-refractivity contribution >= 4 is 11.3 Å². The number of fused-ring (bicyclic) bond motifs is 1. The van der Waals surface area contributed by atoms with Crippen molar-refractivity contribution in [2.45, 2.75) is 12.1 Å². The quantitative estimate of drug-likeness (QED) is 0.351. The summed E-state index contributed by atoms with van der Waals surface area (Å²) in [5.41, 5.74) is -5.82. The maximum atomic E-state index is 13.7. The molecule has 0 aromatic heterocycles. The summed E-state index contributed by atoms with van der Waals surface area (Å²) in [6.45, 7) is 0. The molecule has 1 aliphatic rings. The highest BCUT2D eigenvalue weighted by Crippen LogP contribution is 2.51. The van der Waals surface area contributed by atoms with Crippen molar-refractivity contribution in [2.75, 3.05) is 0 Å². The smallest absolute Gasteiger partial charge is 0.396 e. The number of halogens is 9. The number of benzene rings is 1. The highest BCUT2D eigenvalue weighted by atomic mass is 19.4. The SMILES string of the molecule is N=C(C1=C(N)C(F)(F)c2c(F)c(F)c(F)c(F)c21)C(F)(F)F. The molecule has 0 unspecified atom stereocenters. The predicted octanol–water partition coefficient (Wildman–Crippen LogP) is 3.60. The van der Waals surface area contributed by atoms with Crippen LogP contribution < -0.4 is 5.73 Å². The van der Waals surface area contributed by atoms with Gasteiger partial charge in [-0.1, -0.05) is 0 Å². The van der Waals surface area contributed by atoms with Crippen LogP contribution in [0.2, 0.25) is 0 Å². The summed E-state index contributed by atoms with van der Waals surface area (Å²) in [4.78, 5) is 0. The standard InChI is InChI=1S/C11H3F9N2/c12-4-1-2(9(22)11(18,19)20)8(21)10(16,17)3(1)5(13)7(15)6(4)14/h22H,21H2. The average Bonchev–Trinajstić information content (AvgIpc) is 2.60. The van der Waals surface area contributed by atoms with E-state index in [2.05, 4.69) is 0 Å². The van der Waals surface area contributed by atoms with Crippen LogP contribution in [0.4, 0.5) is 39.5 Å². The fraction of sp³-hybridized carbons (Fsp3) is 0.182. The Kier molecular flexibility index (Phi) is 3.23. The number of alkyl halides is 5. The molecule has 11 heteroatoms. The van der Waals surface area contributed by atoms with Crippen molar-refractivity contribution in [1.82, 2.24) is 0 Å². The average molecular weight is 334 g/mol. The van der Waals surface area contributed by atoms with Crippen LogP contribution in [-0.4, -0.2) is 11.9 Å². The minimum Gasteiger partial charge on any atom is -0.396 e. The van der Waals surface area contributed by atoms with E-state index in [1.807, 2.05) is 0 Å². The molecule has 0 heterocycles. The van der Waals surface area contributed by atoms with E-state index >= 15 is 0 Å². The first-order chi connectivity index (χ1) is 9.83. The van der Waals surface area contributed by atoms with Gasteiger partial charge in [0, 0.05) is 11.1 Å². The molecule has 0 saturated heterocycles. The molecule has 0 amide bonds. The highest BCUT2D eigenvalue weighted by molar-refractivity contribution is 6.27. The van der Waals surface area contributed by atoms with E-state index in [9.17, 15) is 39.5 Å².